The topological polar surface area (TPSA) is 65.0 Å². The Labute approximate surface area is 181 Å². The molecule has 2 aromatic carbocycles. The molecule has 0 bridgehead atoms. The van der Waals surface area contributed by atoms with Crippen molar-refractivity contribution >= 4 is 5.69 Å². The van der Waals surface area contributed by atoms with E-state index in [2.05, 4.69) is 48.3 Å². The molecule has 0 aliphatic heterocycles. The third-order valence-corrected chi connectivity index (χ3v) is 5.45. The Morgan fingerprint density at radius 3 is 2.17 bits per heavy atom. The number of anilines is 1. The van der Waals surface area contributed by atoms with E-state index in [1.807, 2.05) is 38.1 Å². The first-order chi connectivity index (χ1) is 14.5. The molecule has 3 unspecified atom stereocenters. The summed E-state index contributed by atoms with van der Waals surface area (Å²) in [6.07, 6.45) is 1.20. The summed E-state index contributed by atoms with van der Waals surface area (Å²) in [5, 5.41) is 23.8. The third kappa shape index (κ3) is 7.01. The quantitative estimate of drug-likeness (QED) is 0.417. The minimum absolute atomic E-state index is 0.305. The molecule has 0 saturated heterocycles. The Hall–Kier alpha value is -2.08. The molecule has 2 rings (SSSR count). The summed E-state index contributed by atoms with van der Waals surface area (Å²) in [7, 11) is 0. The smallest absolute Gasteiger partial charge is 0.151 e. The molecule has 0 aromatic heterocycles. The maximum Gasteiger partial charge on any atom is 0.151 e. The molecule has 0 aliphatic rings. The van der Waals surface area contributed by atoms with Crippen molar-refractivity contribution in [3.63, 3.8) is 0 Å². The highest BCUT2D eigenvalue weighted by atomic mass is 16.5. The van der Waals surface area contributed by atoms with Gasteiger partial charge in [0.05, 0.1) is 6.10 Å². The highest BCUT2D eigenvalue weighted by Crippen LogP contribution is 2.29. The fourth-order valence-corrected chi connectivity index (χ4v) is 3.51. The molecule has 0 aliphatic carbocycles. The lowest BCUT2D eigenvalue weighted by Gasteiger charge is -2.24. The number of para-hydroxylation sites is 1. The van der Waals surface area contributed by atoms with Gasteiger partial charge in [-0.3, -0.25) is 5.32 Å². The maximum absolute atomic E-state index is 10.8. The molecule has 0 fully saturated rings. The first kappa shape index (κ1) is 24.2. The lowest BCUT2D eigenvalue weighted by Crippen LogP contribution is -2.41. The van der Waals surface area contributed by atoms with E-state index in [0.29, 0.717) is 25.0 Å². The molecule has 166 valence electrons. The summed E-state index contributed by atoms with van der Waals surface area (Å²) in [6, 6.07) is 16.2. The Bertz CT molecular complexity index is 731. The van der Waals surface area contributed by atoms with E-state index in [9.17, 15) is 10.2 Å². The fraction of sp³-hybridized carbons (Fsp3) is 0.520. The number of aryl methyl sites for hydroxylation is 1. The zero-order valence-electron chi connectivity index (χ0n) is 18.8. The SMILES string of the molecule is CCC(O)NC(CC)Oc1ccccc1C(O)CCc1ccc(N(CC)CC)cc1. The average molecular weight is 415 g/mol. The summed E-state index contributed by atoms with van der Waals surface area (Å²) < 4.78 is 6.07. The van der Waals surface area contributed by atoms with Gasteiger partial charge in [0.1, 0.15) is 12.0 Å². The molecule has 0 saturated carbocycles. The minimum Gasteiger partial charge on any atom is -0.475 e. The van der Waals surface area contributed by atoms with Crippen LogP contribution in [0.25, 0.3) is 0 Å². The van der Waals surface area contributed by atoms with Gasteiger partial charge < -0.3 is 19.8 Å². The minimum atomic E-state index is -0.614. The van der Waals surface area contributed by atoms with Crippen LogP contribution in [0.4, 0.5) is 5.69 Å². The predicted octanol–water partition coefficient (Wildman–Crippen LogP) is 4.63. The van der Waals surface area contributed by atoms with Crippen molar-refractivity contribution in [1.82, 2.24) is 5.32 Å². The van der Waals surface area contributed by atoms with Crippen molar-refractivity contribution in [3.8, 4) is 5.75 Å². The highest BCUT2D eigenvalue weighted by Gasteiger charge is 2.17. The zero-order chi connectivity index (χ0) is 21.9. The van der Waals surface area contributed by atoms with E-state index in [0.717, 1.165) is 25.1 Å². The first-order valence-electron chi connectivity index (χ1n) is 11.2. The summed E-state index contributed by atoms with van der Waals surface area (Å²) in [6.45, 7) is 10.2. The first-order valence-corrected chi connectivity index (χ1v) is 11.2. The summed E-state index contributed by atoms with van der Waals surface area (Å²) in [4.78, 5) is 2.32. The number of rotatable bonds is 13. The van der Waals surface area contributed by atoms with Crippen molar-refractivity contribution in [2.45, 2.75) is 71.9 Å². The molecule has 0 heterocycles. The van der Waals surface area contributed by atoms with Crippen LogP contribution in [0.15, 0.2) is 48.5 Å². The van der Waals surface area contributed by atoms with E-state index >= 15 is 0 Å². The average Bonchev–Trinajstić information content (AvgIpc) is 2.78. The van der Waals surface area contributed by atoms with Gasteiger partial charge >= 0.3 is 0 Å². The number of nitrogens with zero attached hydrogens (tertiary/aromatic N) is 1. The van der Waals surface area contributed by atoms with Gasteiger partial charge in [0, 0.05) is 24.3 Å². The van der Waals surface area contributed by atoms with Gasteiger partial charge in [-0.15, -0.1) is 0 Å². The van der Waals surface area contributed by atoms with Gasteiger partial charge in [-0.25, -0.2) is 0 Å². The molecular weight excluding hydrogens is 376 g/mol. The number of hydrogen-bond donors (Lipinski definition) is 3. The second-order valence-corrected chi connectivity index (χ2v) is 7.54. The van der Waals surface area contributed by atoms with Crippen LogP contribution in [0, 0.1) is 0 Å². The molecular formula is C25H38N2O3. The van der Waals surface area contributed by atoms with Crippen LogP contribution >= 0.6 is 0 Å². The van der Waals surface area contributed by atoms with Gasteiger partial charge in [0.25, 0.3) is 0 Å². The predicted molar refractivity (Wildman–Crippen MR) is 124 cm³/mol. The Balaban J connectivity index is 2.01. The molecule has 3 atom stereocenters. The molecule has 3 N–H and O–H groups in total. The lowest BCUT2D eigenvalue weighted by molar-refractivity contribution is 0.0497. The van der Waals surface area contributed by atoms with Crippen LogP contribution in [-0.2, 0) is 6.42 Å². The number of nitrogens with one attached hydrogen (secondary N) is 1. The molecule has 30 heavy (non-hydrogen) atoms. The monoisotopic (exact) mass is 414 g/mol. The van der Waals surface area contributed by atoms with E-state index in [1.165, 1.54) is 11.3 Å². The van der Waals surface area contributed by atoms with E-state index in [4.69, 9.17) is 4.74 Å². The number of aliphatic hydroxyl groups excluding tert-OH is 2. The number of benzene rings is 2. The Morgan fingerprint density at radius 2 is 1.57 bits per heavy atom. The van der Waals surface area contributed by atoms with Crippen molar-refractivity contribution < 1.29 is 14.9 Å². The van der Waals surface area contributed by atoms with Crippen molar-refractivity contribution in [2.24, 2.45) is 0 Å². The van der Waals surface area contributed by atoms with Crippen molar-refractivity contribution in [3.05, 3.63) is 59.7 Å². The van der Waals surface area contributed by atoms with Crippen molar-refractivity contribution in [2.75, 3.05) is 18.0 Å². The normalized spacial score (nSPS) is 14.2. The standard InChI is InChI=1S/C25H38N2O3/c1-5-24(29)26-25(6-2)30-23-12-10-9-11-21(23)22(28)18-15-19-13-16-20(17-14-19)27(7-3)8-4/h9-14,16-17,22,24-26,28-29H,5-8,15,18H2,1-4H3. The van der Waals surface area contributed by atoms with E-state index in [1.54, 1.807) is 0 Å². The second-order valence-electron chi connectivity index (χ2n) is 7.54. The molecule has 2 aromatic rings. The Kier molecular flexibility index (Phi) is 10.1. The summed E-state index contributed by atoms with van der Waals surface area (Å²) >= 11 is 0. The van der Waals surface area contributed by atoms with Crippen LogP contribution in [0.2, 0.25) is 0 Å². The highest BCUT2D eigenvalue weighted by molar-refractivity contribution is 5.47. The van der Waals surface area contributed by atoms with Gasteiger partial charge in [0.2, 0.25) is 0 Å². The zero-order valence-corrected chi connectivity index (χ0v) is 18.8. The van der Waals surface area contributed by atoms with Crippen LogP contribution < -0.4 is 15.0 Å². The van der Waals surface area contributed by atoms with Crippen LogP contribution in [0.3, 0.4) is 0 Å². The number of ether oxygens (including phenoxy) is 1. The van der Waals surface area contributed by atoms with E-state index in [-0.39, 0.29) is 6.23 Å². The van der Waals surface area contributed by atoms with Gasteiger partial charge in [0.15, 0.2) is 6.23 Å². The number of hydrogen-bond acceptors (Lipinski definition) is 5. The maximum atomic E-state index is 10.8. The molecule has 0 spiro atoms. The number of aliphatic hydroxyl groups is 2. The second kappa shape index (κ2) is 12.6. The summed E-state index contributed by atoms with van der Waals surface area (Å²) in [5.74, 6) is 0.657. The Morgan fingerprint density at radius 1 is 0.900 bits per heavy atom. The third-order valence-electron chi connectivity index (χ3n) is 5.45. The van der Waals surface area contributed by atoms with E-state index < -0.39 is 12.3 Å². The molecule has 5 nitrogen and oxygen atoms in total. The molecule has 0 radical (unpaired) electrons. The van der Waals surface area contributed by atoms with Crippen LogP contribution in [0.5, 0.6) is 5.75 Å². The molecule has 0 amide bonds. The van der Waals surface area contributed by atoms with Crippen molar-refractivity contribution in [1.29, 1.82) is 0 Å². The lowest BCUT2D eigenvalue weighted by atomic mass is 10.0. The summed E-state index contributed by atoms with van der Waals surface area (Å²) in [5.41, 5.74) is 3.22. The largest absolute Gasteiger partial charge is 0.475 e. The van der Waals surface area contributed by atoms with Crippen LogP contribution in [-0.4, -0.2) is 35.8 Å². The fourth-order valence-electron chi connectivity index (χ4n) is 3.51. The molecule has 5 heteroatoms. The van der Waals surface area contributed by atoms with Crippen LogP contribution in [0.1, 0.15) is 64.2 Å². The van der Waals surface area contributed by atoms with Gasteiger partial charge in [-0.2, -0.15) is 0 Å². The van der Waals surface area contributed by atoms with Gasteiger partial charge in [-0.1, -0.05) is 44.2 Å². The van der Waals surface area contributed by atoms with Gasteiger partial charge in [-0.05, 0) is 63.3 Å².